The maximum absolute atomic E-state index is 12.8. The van der Waals surface area contributed by atoms with Crippen LogP contribution in [-0.4, -0.2) is 31.9 Å². The van der Waals surface area contributed by atoms with Crippen LogP contribution in [-0.2, 0) is 16.6 Å². The van der Waals surface area contributed by atoms with E-state index in [0.717, 1.165) is 18.5 Å². The number of nitrogens with zero attached hydrogens (tertiary/aromatic N) is 1. The van der Waals surface area contributed by atoms with Crippen LogP contribution in [0.5, 0.6) is 0 Å². The molecule has 120 valence electrons. The molecule has 0 saturated carbocycles. The summed E-state index contributed by atoms with van der Waals surface area (Å²) >= 11 is 6.14. The molecule has 1 atom stereocenters. The molecule has 1 rings (SSSR count). The highest BCUT2D eigenvalue weighted by atomic mass is 35.5. The minimum Gasteiger partial charge on any atom is -0.313 e. The Balaban J connectivity index is 3.18. The lowest BCUT2D eigenvalue weighted by molar-refractivity contribution is 0.342. The second-order valence-electron chi connectivity index (χ2n) is 5.00. The number of rotatable bonds is 8. The van der Waals surface area contributed by atoms with Crippen LogP contribution in [0.15, 0.2) is 23.1 Å². The zero-order valence-corrected chi connectivity index (χ0v) is 14.8. The van der Waals surface area contributed by atoms with Crippen molar-refractivity contribution in [3.63, 3.8) is 0 Å². The van der Waals surface area contributed by atoms with Crippen molar-refractivity contribution in [1.29, 1.82) is 0 Å². The van der Waals surface area contributed by atoms with Crippen molar-refractivity contribution >= 4 is 21.6 Å². The van der Waals surface area contributed by atoms with E-state index in [1.54, 1.807) is 18.2 Å². The van der Waals surface area contributed by atoms with E-state index >= 15 is 0 Å². The van der Waals surface area contributed by atoms with Crippen LogP contribution in [0.3, 0.4) is 0 Å². The number of halogens is 1. The van der Waals surface area contributed by atoms with Gasteiger partial charge in [-0.05, 0) is 43.7 Å². The highest BCUT2D eigenvalue weighted by molar-refractivity contribution is 7.89. The molecule has 0 bridgehead atoms. The molecule has 1 aromatic carbocycles. The van der Waals surface area contributed by atoms with E-state index in [1.807, 2.05) is 27.7 Å². The Kier molecular flexibility index (Phi) is 7.13. The van der Waals surface area contributed by atoms with Crippen LogP contribution in [0.1, 0.15) is 39.7 Å². The molecule has 0 radical (unpaired) electrons. The molecule has 0 aromatic heterocycles. The molecule has 0 aliphatic rings. The summed E-state index contributed by atoms with van der Waals surface area (Å²) in [4.78, 5) is 0.307. The Morgan fingerprint density at radius 1 is 1.29 bits per heavy atom. The van der Waals surface area contributed by atoms with Gasteiger partial charge in [0.05, 0.1) is 4.90 Å². The maximum Gasteiger partial charge on any atom is 0.243 e. The largest absolute Gasteiger partial charge is 0.313 e. The number of hydrogen-bond acceptors (Lipinski definition) is 3. The van der Waals surface area contributed by atoms with Gasteiger partial charge in [0.1, 0.15) is 0 Å². The third-order valence-corrected chi connectivity index (χ3v) is 6.04. The molecular formula is C15H25ClN2O2S. The van der Waals surface area contributed by atoms with Crippen LogP contribution >= 0.6 is 11.6 Å². The lowest BCUT2D eigenvalue weighted by Crippen LogP contribution is -2.38. The number of hydrogen-bond donors (Lipinski definition) is 1. The van der Waals surface area contributed by atoms with Crippen LogP contribution in [0.4, 0.5) is 0 Å². The van der Waals surface area contributed by atoms with E-state index < -0.39 is 10.0 Å². The minimum atomic E-state index is -3.48. The standard InChI is InChI=1S/C15H25ClN2O2S/c1-5-12(4)18(7-3)21(19,20)14-8-9-15(16)13(10-14)11-17-6-2/h8-10,12,17H,5-7,11H2,1-4H3. The topological polar surface area (TPSA) is 49.4 Å². The summed E-state index contributed by atoms with van der Waals surface area (Å²) in [5, 5.41) is 3.75. The van der Waals surface area contributed by atoms with Gasteiger partial charge in [-0.1, -0.05) is 32.4 Å². The lowest BCUT2D eigenvalue weighted by atomic mass is 10.2. The van der Waals surface area contributed by atoms with E-state index in [-0.39, 0.29) is 6.04 Å². The van der Waals surface area contributed by atoms with Gasteiger partial charge in [0, 0.05) is 24.2 Å². The van der Waals surface area contributed by atoms with Crippen molar-refractivity contribution in [3.05, 3.63) is 28.8 Å². The molecule has 1 unspecified atom stereocenters. The summed E-state index contributed by atoms with van der Waals surface area (Å²) < 4.78 is 27.1. The van der Waals surface area contributed by atoms with Gasteiger partial charge in [-0.25, -0.2) is 8.42 Å². The van der Waals surface area contributed by atoms with Crippen molar-refractivity contribution in [1.82, 2.24) is 9.62 Å². The molecule has 0 fully saturated rings. The summed E-state index contributed by atoms with van der Waals surface area (Å²) in [7, 11) is -3.48. The minimum absolute atomic E-state index is 0.0205. The predicted octanol–water partition coefficient (Wildman–Crippen LogP) is 3.26. The van der Waals surface area contributed by atoms with Crippen molar-refractivity contribution in [2.24, 2.45) is 0 Å². The average molecular weight is 333 g/mol. The van der Waals surface area contributed by atoms with Gasteiger partial charge in [0.2, 0.25) is 10.0 Å². The molecule has 0 spiro atoms. The van der Waals surface area contributed by atoms with Gasteiger partial charge in [0.25, 0.3) is 0 Å². The van der Waals surface area contributed by atoms with Crippen LogP contribution in [0.25, 0.3) is 0 Å². The molecule has 0 saturated heterocycles. The molecule has 0 aliphatic carbocycles. The molecule has 0 heterocycles. The smallest absolute Gasteiger partial charge is 0.243 e. The summed E-state index contributed by atoms with van der Waals surface area (Å²) in [6.07, 6.45) is 0.783. The fraction of sp³-hybridized carbons (Fsp3) is 0.600. The summed E-state index contributed by atoms with van der Waals surface area (Å²) in [5.74, 6) is 0. The van der Waals surface area contributed by atoms with Gasteiger partial charge >= 0.3 is 0 Å². The Labute approximate surface area is 133 Å². The molecule has 1 N–H and O–H groups in total. The third kappa shape index (κ3) is 4.42. The van der Waals surface area contributed by atoms with Crippen molar-refractivity contribution in [3.8, 4) is 0 Å². The van der Waals surface area contributed by atoms with Crippen LogP contribution in [0, 0.1) is 0 Å². The quantitative estimate of drug-likeness (QED) is 0.795. The van der Waals surface area contributed by atoms with Crippen molar-refractivity contribution < 1.29 is 8.42 Å². The van der Waals surface area contributed by atoms with Crippen LogP contribution < -0.4 is 5.32 Å². The summed E-state index contributed by atoms with van der Waals surface area (Å²) in [5.41, 5.74) is 0.805. The second-order valence-corrected chi connectivity index (χ2v) is 7.30. The molecule has 0 amide bonds. The van der Waals surface area contributed by atoms with E-state index in [1.165, 1.54) is 4.31 Å². The summed E-state index contributed by atoms with van der Waals surface area (Å²) in [6.45, 7) is 9.60. The highest BCUT2D eigenvalue weighted by Gasteiger charge is 2.27. The molecule has 0 aliphatic heterocycles. The third-order valence-electron chi connectivity index (χ3n) is 3.58. The molecule has 21 heavy (non-hydrogen) atoms. The van der Waals surface area contributed by atoms with Gasteiger partial charge in [-0.2, -0.15) is 4.31 Å². The highest BCUT2D eigenvalue weighted by Crippen LogP contribution is 2.24. The fourth-order valence-electron chi connectivity index (χ4n) is 2.16. The Bertz CT molecular complexity index is 561. The van der Waals surface area contributed by atoms with Gasteiger partial charge in [0.15, 0.2) is 0 Å². The Morgan fingerprint density at radius 3 is 2.48 bits per heavy atom. The molecule has 1 aromatic rings. The molecular weight excluding hydrogens is 308 g/mol. The Hall–Kier alpha value is -0.620. The predicted molar refractivity (Wildman–Crippen MR) is 88.2 cm³/mol. The van der Waals surface area contributed by atoms with E-state index in [0.29, 0.717) is 23.0 Å². The van der Waals surface area contributed by atoms with E-state index in [9.17, 15) is 8.42 Å². The second kappa shape index (κ2) is 8.13. The maximum atomic E-state index is 12.8. The lowest BCUT2D eigenvalue weighted by Gasteiger charge is -2.26. The SMILES string of the molecule is CCNCc1cc(S(=O)(=O)N(CC)C(C)CC)ccc1Cl. The van der Waals surface area contributed by atoms with Crippen molar-refractivity contribution in [2.75, 3.05) is 13.1 Å². The molecule has 6 heteroatoms. The molecule has 4 nitrogen and oxygen atoms in total. The Morgan fingerprint density at radius 2 is 1.95 bits per heavy atom. The summed E-state index contributed by atoms with van der Waals surface area (Å²) in [6, 6.07) is 4.89. The van der Waals surface area contributed by atoms with Crippen molar-refractivity contribution in [2.45, 2.75) is 51.6 Å². The van der Waals surface area contributed by atoms with E-state index in [2.05, 4.69) is 5.32 Å². The van der Waals surface area contributed by atoms with Gasteiger partial charge in [-0.15, -0.1) is 0 Å². The zero-order chi connectivity index (χ0) is 16.0. The first-order valence-electron chi connectivity index (χ1n) is 7.39. The first-order chi connectivity index (χ1) is 9.88. The van der Waals surface area contributed by atoms with E-state index in [4.69, 9.17) is 11.6 Å². The number of sulfonamides is 1. The first kappa shape index (κ1) is 18.4. The first-order valence-corrected chi connectivity index (χ1v) is 9.21. The zero-order valence-electron chi connectivity index (χ0n) is 13.2. The fourth-order valence-corrected chi connectivity index (χ4v) is 4.11. The monoisotopic (exact) mass is 332 g/mol. The van der Waals surface area contributed by atoms with Crippen LogP contribution in [0.2, 0.25) is 5.02 Å². The van der Waals surface area contributed by atoms with Gasteiger partial charge < -0.3 is 5.32 Å². The number of nitrogens with one attached hydrogen (secondary N) is 1. The number of benzene rings is 1. The van der Waals surface area contributed by atoms with Gasteiger partial charge in [-0.3, -0.25) is 0 Å². The average Bonchev–Trinajstić information content (AvgIpc) is 2.46. The normalized spacial score (nSPS) is 13.6.